The highest BCUT2D eigenvalue weighted by molar-refractivity contribution is 5.66. The molecule has 3 rings (SSSR count). The van der Waals surface area contributed by atoms with Crippen LogP contribution in [0.5, 0.6) is 0 Å². The molecule has 2 aromatic carbocycles. The van der Waals surface area contributed by atoms with E-state index in [0.717, 1.165) is 22.6 Å². The Morgan fingerprint density at radius 1 is 0.957 bits per heavy atom. The third kappa shape index (κ3) is 2.66. The van der Waals surface area contributed by atoms with Crippen LogP contribution in [0.25, 0.3) is 16.9 Å². The molecule has 0 spiro atoms. The van der Waals surface area contributed by atoms with Crippen molar-refractivity contribution in [3.8, 4) is 16.9 Å². The number of benzene rings is 2. The highest BCUT2D eigenvalue weighted by Crippen LogP contribution is 2.28. The molecule has 0 saturated carbocycles. The Kier molecular flexibility index (Phi) is 4.01. The molecule has 0 saturated heterocycles. The number of aromatic nitrogens is 3. The number of hydrogen-bond acceptors (Lipinski definition) is 3. The fourth-order valence-corrected chi connectivity index (χ4v) is 2.76. The minimum atomic E-state index is 0.368. The average molecular weight is 306 g/mol. The van der Waals surface area contributed by atoms with Crippen LogP contribution in [-0.2, 0) is 6.54 Å². The number of hydrogen-bond donors (Lipinski definition) is 1. The van der Waals surface area contributed by atoms with Crippen molar-refractivity contribution >= 4 is 0 Å². The van der Waals surface area contributed by atoms with Gasteiger partial charge in [0.15, 0.2) is 0 Å². The van der Waals surface area contributed by atoms with Gasteiger partial charge in [0.2, 0.25) is 0 Å². The zero-order chi connectivity index (χ0) is 16.6. The monoisotopic (exact) mass is 306 g/mol. The predicted octanol–water partition coefficient (Wildman–Crippen LogP) is 3.63. The Bertz CT molecular complexity index is 862. The molecule has 23 heavy (non-hydrogen) atoms. The number of rotatable bonds is 3. The second-order valence-corrected chi connectivity index (χ2v) is 6.02. The summed E-state index contributed by atoms with van der Waals surface area (Å²) < 4.78 is 1.91. The molecule has 0 amide bonds. The van der Waals surface area contributed by atoms with E-state index in [4.69, 9.17) is 5.73 Å². The van der Waals surface area contributed by atoms with Crippen LogP contribution in [0, 0.1) is 27.7 Å². The minimum absolute atomic E-state index is 0.368. The number of aryl methyl sites for hydroxylation is 3. The van der Waals surface area contributed by atoms with Crippen LogP contribution in [0.15, 0.2) is 36.4 Å². The van der Waals surface area contributed by atoms with Crippen LogP contribution >= 0.6 is 0 Å². The smallest absolute Gasteiger partial charge is 0.105 e. The van der Waals surface area contributed by atoms with E-state index in [-0.39, 0.29) is 0 Å². The Morgan fingerprint density at radius 3 is 2.43 bits per heavy atom. The van der Waals surface area contributed by atoms with Gasteiger partial charge in [-0.25, -0.2) is 4.68 Å². The van der Waals surface area contributed by atoms with Gasteiger partial charge < -0.3 is 5.73 Å². The molecule has 118 valence electrons. The van der Waals surface area contributed by atoms with E-state index >= 15 is 0 Å². The highest BCUT2D eigenvalue weighted by atomic mass is 15.4. The van der Waals surface area contributed by atoms with Crippen molar-refractivity contribution in [2.45, 2.75) is 34.2 Å². The van der Waals surface area contributed by atoms with Crippen molar-refractivity contribution in [1.82, 2.24) is 15.0 Å². The van der Waals surface area contributed by atoms with E-state index in [1.54, 1.807) is 0 Å². The van der Waals surface area contributed by atoms with E-state index in [1.165, 1.54) is 22.3 Å². The Hall–Kier alpha value is -2.46. The fourth-order valence-electron chi connectivity index (χ4n) is 2.76. The Balaban J connectivity index is 2.26. The maximum Gasteiger partial charge on any atom is 0.105 e. The molecule has 0 aliphatic rings. The molecular formula is C19H22N4. The minimum Gasteiger partial charge on any atom is -0.325 e. The standard InChI is InChI=1S/C19H22N4/c1-12-8-9-16(10-14(12)3)19-17(11-20)21-22-23(19)18-7-5-6-13(2)15(18)4/h5-10H,11,20H2,1-4H3. The molecule has 0 aliphatic carbocycles. The maximum atomic E-state index is 5.90. The third-order valence-corrected chi connectivity index (χ3v) is 4.52. The van der Waals surface area contributed by atoms with E-state index in [1.807, 2.05) is 10.7 Å². The summed E-state index contributed by atoms with van der Waals surface area (Å²) in [6, 6.07) is 12.6. The van der Waals surface area contributed by atoms with Gasteiger partial charge in [-0.05, 0) is 62.1 Å². The zero-order valence-electron chi connectivity index (χ0n) is 14.1. The number of nitrogens with zero attached hydrogens (tertiary/aromatic N) is 3. The maximum absolute atomic E-state index is 5.90. The van der Waals surface area contributed by atoms with Gasteiger partial charge in [0.1, 0.15) is 5.69 Å². The first-order valence-electron chi connectivity index (χ1n) is 7.81. The van der Waals surface area contributed by atoms with Gasteiger partial charge in [-0.15, -0.1) is 5.10 Å². The fraction of sp³-hybridized carbons (Fsp3) is 0.263. The second kappa shape index (κ2) is 5.97. The lowest BCUT2D eigenvalue weighted by Gasteiger charge is -2.13. The molecule has 1 heterocycles. The van der Waals surface area contributed by atoms with Gasteiger partial charge in [-0.2, -0.15) is 0 Å². The molecule has 0 fully saturated rings. The van der Waals surface area contributed by atoms with Crippen molar-refractivity contribution in [3.63, 3.8) is 0 Å². The summed E-state index contributed by atoms with van der Waals surface area (Å²) in [7, 11) is 0. The van der Waals surface area contributed by atoms with Crippen LogP contribution in [0.3, 0.4) is 0 Å². The van der Waals surface area contributed by atoms with Crippen molar-refractivity contribution in [3.05, 3.63) is 64.3 Å². The number of nitrogens with two attached hydrogens (primary N) is 1. The van der Waals surface area contributed by atoms with Gasteiger partial charge in [0.25, 0.3) is 0 Å². The molecular weight excluding hydrogens is 284 g/mol. The SMILES string of the molecule is Cc1ccc(-c2c(CN)nnn2-c2cccc(C)c2C)cc1C. The normalized spacial score (nSPS) is 11.0. The summed E-state index contributed by atoms with van der Waals surface area (Å²) in [5.74, 6) is 0. The van der Waals surface area contributed by atoms with Crippen LogP contribution in [-0.4, -0.2) is 15.0 Å². The lowest BCUT2D eigenvalue weighted by atomic mass is 10.0. The summed E-state index contributed by atoms with van der Waals surface area (Å²) in [5.41, 5.74) is 14.8. The van der Waals surface area contributed by atoms with Crippen LogP contribution in [0.4, 0.5) is 0 Å². The third-order valence-electron chi connectivity index (χ3n) is 4.52. The van der Waals surface area contributed by atoms with Crippen molar-refractivity contribution in [2.24, 2.45) is 5.73 Å². The molecule has 0 bridgehead atoms. The van der Waals surface area contributed by atoms with Gasteiger partial charge >= 0.3 is 0 Å². The quantitative estimate of drug-likeness (QED) is 0.804. The molecule has 4 heteroatoms. The van der Waals surface area contributed by atoms with E-state index in [9.17, 15) is 0 Å². The topological polar surface area (TPSA) is 56.7 Å². The van der Waals surface area contributed by atoms with Gasteiger partial charge in [-0.1, -0.05) is 29.5 Å². The van der Waals surface area contributed by atoms with Gasteiger partial charge in [-0.3, -0.25) is 0 Å². The molecule has 2 N–H and O–H groups in total. The molecule has 0 unspecified atom stereocenters. The first-order valence-corrected chi connectivity index (χ1v) is 7.81. The Morgan fingerprint density at radius 2 is 1.74 bits per heavy atom. The summed E-state index contributed by atoms with van der Waals surface area (Å²) >= 11 is 0. The second-order valence-electron chi connectivity index (χ2n) is 6.02. The largest absolute Gasteiger partial charge is 0.325 e. The van der Waals surface area contributed by atoms with Crippen LogP contribution in [0.2, 0.25) is 0 Å². The summed E-state index contributed by atoms with van der Waals surface area (Å²) in [6.45, 7) is 8.82. The molecule has 0 atom stereocenters. The van der Waals surface area contributed by atoms with Crippen molar-refractivity contribution < 1.29 is 0 Å². The summed E-state index contributed by atoms with van der Waals surface area (Å²) in [4.78, 5) is 0. The molecule has 1 aromatic heterocycles. The van der Waals surface area contributed by atoms with Gasteiger partial charge in [0.05, 0.1) is 11.4 Å². The van der Waals surface area contributed by atoms with E-state index in [0.29, 0.717) is 6.54 Å². The summed E-state index contributed by atoms with van der Waals surface area (Å²) in [6.07, 6.45) is 0. The van der Waals surface area contributed by atoms with Crippen molar-refractivity contribution in [2.75, 3.05) is 0 Å². The lowest BCUT2D eigenvalue weighted by Crippen LogP contribution is -2.05. The highest BCUT2D eigenvalue weighted by Gasteiger charge is 2.17. The molecule has 4 nitrogen and oxygen atoms in total. The lowest BCUT2D eigenvalue weighted by molar-refractivity contribution is 0.794. The van der Waals surface area contributed by atoms with Crippen LogP contribution < -0.4 is 5.73 Å². The average Bonchev–Trinajstić information content (AvgIpc) is 2.96. The molecule has 3 aromatic rings. The molecule has 0 aliphatic heterocycles. The van der Waals surface area contributed by atoms with Crippen molar-refractivity contribution in [1.29, 1.82) is 0 Å². The first kappa shape index (κ1) is 15.4. The van der Waals surface area contributed by atoms with Gasteiger partial charge in [0, 0.05) is 12.1 Å². The predicted molar refractivity (Wildman–Crippen MR) is 93.6 cm³/mol. The Labute approximate surface area is 137 Å². The van der Waals surface area contributed by atoms with E-state index in [2.05, 4.69) is 68.3 Å². The van der Waals surface area contributed by atoms with E-state index < -0.39 is 0 Å². The summed E-state index contributed by atoms with van der Waals surface area (Å²) in [5, 5.41) is 8.67. The first-order chi connectivity index (χ1) is 11.0. The van der Waals surface area contributed by atoms with Crippen LogP contribution in [0.1, 0.15) is 27.9 Å². The zero-order valence-corrected chi connectivity index (χ0v) is 14.1. The molecule has 0 radical (unpaired) electrons.